The Kier molecular flexibility index (Phi) is 5.53. The van der Waals surface area contributed by atoms with Crippen molar-refractivity contribution in [2.75, 3.05) is 11.1 Å². The lowest BCUT2D eigenvalue weighted by Crippen LogP contribution is -2.57. The maximum Gasteiger partial charge on any atom is 0.274 e. The third-order valence-electron chi connectivity index (χ3n) is 6.21. The second kappa shape index (κ2) is 7.81. The van der Waals surface area contributed by atoms with E-state index in [1.54, 1.807) is 13.8 Å². The molecule has 2 aromatic rings. The SMILES string of the molecule is CC1(c2cc(NC(=O)c3ccc(Cl)cn3)ccc2F)CS(=O)(=O)C(C)(CC2CC2)C(N)=N1. The van der Waals surface area contributed by atoms with Gasteiger partial charge in [-0.1, -0.05) is 24.4 Å². The van der Waals surface area contributed by atoms with E-state index in [1.165, 1.54) is 36.5 Å². The van der Waals surface area contributed by atoms with Gasteiger partial charge >= 0.3 is 0 Å². The fourth-order valence-electron chi connectivity index (χ4n) is 4.07. The van der Waals surface area contributed by atoms with Crippen molar-refractivity contribution < 1.29 is 17.6 Å². The summed E-state index contributed by atoms with van der Waals surface area (Å²) in [4.78, 5) is 20.9. The molecule has 1 fully saturated rings. The Morgan fingerprint density at radius 3 is 2.59 bits per heavy atom. The number of nitrogens with zero attached hydrogens (tertiary/aromatic N) is 2. The minimum Gasteiger partial charge on any atom is -0.386 e. The smallest absolute Gasteiger partial charge is 0.274 e. The first kappa shape index (κ1) is 22.7. The van der Waals surface area contributed by atoms with Crippen molar-refractivity contribution in [3.63, 3.8) is 0 Å². The zero-order valence-corrected chi connectivity index (χ0v) is 19.3. The number of nitrogens with two attached hydrogens (primary N) is 1. The monoisotopic (exact) mass is 478 g/mol. The maximum atomic E-state index is 14.9. The van der Waals surface area contributed by atoms with Gasteiger partial charge in [-0.05, 0) is 56.5 Å². The number of amidine groups is 1. The fourth-order valence-corrected chi connectivity index (χ4v) is 6.31. The summed E-state index contributed by atoms with van der Waals surface area (Å²) >= 11 is 5.79. The lowest BCUT2D eigenvalue weighted by atomic mass is 9.92. The van der Waals surface area contributed by atoms with Crippen LogP contribution in [0.5, 0.6) is 0 Å². The van der Waals surface area contributed by atoms with Gasteiger partial charge in [0.15, 0.2) is 9.84 Å². The van der Waals surface area contributed by atoms with Gasteiger partial charge in [-0.25, -0.2) is 17.8 Å². The number of aromatic nitrogens is 1. The molecule has 170 valence electrons. The molecule has 0 radical (unpaired) electrons. The van der Waals surface area contributed by atoms with Crippen LogP contribution in [0, 0.1) is 11.7 Å². The molecule has 2 aliphatic rings. The number of carbonyl (C=O) groups is 1. The van der Waals surface area contributed by atoms with Crippen LogP contribution in [-0.2, 0) is 15.4 Å². The van der Waals surface area contributed by atoms with Crippen LogP contribution in [0.3, 0.4) is 0 Å². The van der Waals surface area contributed by atoms with Crippen LogP contribution in [0.1, 0.15) is 49.2 Å². The predicted octanol–water partition coefficient (Wildman–Crippen LogP) is 3.69. The number of hydrogen-bond acceptors (Lipinski definition) is 6. The maximum absolute atomic E-state index is 14.9. The van der Waals surface area contributed by atoms with E-state index in [2.05, 4.69) is 15.3 Å². The molecule has 1 aromatic carbocycles. The first-order valence-corrected chi connectivity index (χ1v) is 12.3. The summed E-state index contributed by atoms with van der Waals surface area (Å²) in [6, 6.07) is 6.94. The molecule has 1 amide bonds. The molecule has 10 heteroatoms. The van der Waals surface area contributed by atoms with Crippen LogP contribution in [-0.4, -0.2) is 35.6 Å². The van der Waals surface area contributed by atoms with Crippen molar-refractivity contribution in [3.05, 3.63) is 58.6 Å². The van der Waals surface area contributed by atoms with E-state index in [0.717, 1.165) is 12.8 Å². The number of amides is 1. The van der Waals surface area contributed by atoms with Gasteiger partial charge in [0.2, 0.25) is 0 Å². The Morgan fingerprint density at radius 2 is 2.00 bits per heavy atom. The molecule has 1 aliphatic carbocycles. The lowest BCUT2D eigenvalue weighted by Gasteiger charge is -2.40. The van der Waals surface area contributed by atoms with E-state index in [0.29, 0.717) is 17.4 Å². The van der Waals surface area contributed by atoms with E-state index >= 15 is 0 Å². The molecule has 4 rings (SSSR count). The van der Waals surface area contributed by atoms with E-state index in [1.807, 2.05) is 0 Å². The van der Waals surface area contributed by atoms with E-state index in [-0.39, 0.29) is 28.5 Å². The van der Waals surface area contributed by atoms with E-state index < -0.39 is 31.8 Å². The number of anilines is 1. The summed E-state index contributed by atoms with van der Waals surface area (Å²) in [6.45, 7) is 3.14. The predicted molar refractivity (Wildman–Crippen MR) is 122 cm³/mol. The minimum absolute atomic E-state index is 0.00245. The van der Waals surface area contributed by atoms with Crippen molar-refractivity contribution in [1.29, 1.82) is 0 Å². The Balaban J connectivity index is 1.67. The number of halogens is 2. The summed E-state index contributed by atoms with van der Waals surface area (Å²) in [7, 11) is -3.72. The molecule has 0 spiro atoms. The highest BCUT2D eigenvalue weighted by Gasteiger charge is 2.53. The highest BCUT2D eigenvalue weighted by Crippen LogP contribution is 2.45. The summed E-state index contributed by atoms with van der Waals surface area (Å²) in [5.41, 5.74) is 5.22. The van der Waals surface area contributed by atoms with Crippen LogP contribution < -0.4 is 11.1 Å². The molecule has 2 heterocycles. The summed E-state index contributed by atoms with van der Waals surface area (Å²) in [5.74, 6) is -1.20. The third-order valence-corrected chi connectivity index (χ3v) is 9.12. The average Bonchev–Trinajstić information content (AvgIpc) is 3.52. The average molecular weight is 479 g/mol. The molecular formula is C22H24ClFN4O3S. The molecule has 2 unspecified atom stereocenters. The highest BCUT2D eigenvalue weighted by atomic mass is 35.5. The van der Waals surface area contributed by atoms with E-state index in [4.69, 9.17) is 17.3 Å². The number of nitrogens with one attached hydrogen (secondary N) is 1. The molecular weight excluding hydrogens is 455 g/mol. The summed E-state index contributed by atoms with van der Waals surface area (Å²) in [6.07, 6.45) is 3.73. The van der Waals surface area contributed by atoms with Crippen molar-refractivity contribution in [1.82, 2.24) is 4.98 Å². The third kappa shape index (κ3) is 4.11. The summed E-state index contributed by atoms with van der Waals surface area (Å²) in [5, 5.41) is 3.03. The zero-order valence-electron chi connectivity index (χ0n) is 17.7. The number of carbonyl (C=O) groups excluding carboxylic acids is 1. The number of rotatable bonds is 5. The van der Waals surface area contributed by atoms with Gasteiger partial charge < -0.3 is 11.1 Å². The molecule has 32 heavy (non-hydrogen) atoms. The van der Waals surface area contributed by atoms with Crippen molar-refractivity contribution >= 4 is 38.9 Å². The number of hydrogen-bond donors (Lipinski definition) is 2. The Labute approximate surface area is 191 Å². The van der Waals surface area contributed by atoms with Gasteiger partial charge in [0.25, 0.3) is 5.91 Å². The highest BCUT2D eigenvalue weighted by molar-refractivity contribution is 7.93. The molecule has 1 saturated carbocycles. The molecule has 2 atom stereocenters. The molecule has 1 aliphatic heterocycles. The number of benzene rings is 1. The summed E-state index contributed by atoms with van der Waals surface area (Å²) < 4.78 is 40.2. The van der Waals surface area contributed by atoms with Gasteiger partial charge in [-0.15, -0.1) is 0 Å². The number of aliphatic imine (C=N–C) groups is 1. The Bertz CT molecular complexity index is 1210. The number of pyridine rings is 1. The van der Waals surface area contributed by atoms with Gasteiger partial charge in [0.1, 0.15) is 27.6 Å². The van der Waals surface area contributed by atoms with Crippen molar-refractivity contribution in [2.45, 2.75) is 43.4 Å². The molecule has 3 N–H and O–H groups in total. The Morgan fingerprint density at radius 1 is 1.28 bits per heavy atom. The fraction of sp³-hybridized carbons (Fsp3) is 0.409. The van der Waals surface area contributed by atoms with Gasteiger partial charge in [0.05, 0.1) is 10.8 Å². The first-order valence-electron chi connectivity index (χ1n) is 10.2. The van der Waals surface area contributed by atoms with Crippen LogP contribution in [0.4, 0.5) is 10.1 Å². The molecule has 0 saturated heterocycles. The molecule has 7 nitrogen and oxygen atoms in total. The van der Waals surface area contributed by atoms with Gasteiger partial charge in [-0.3, -0.25) is 9.79 Å². The van der Waals surface area contributed by atoms with Crippen LogP contribution in [0.25, 0.3) is 0 Å². The lowest BCUT2D eigenvalue weighted by molar-refractivity contribution is 0.102. The quantitative estimate of drug-likeness (QED) is 0.680. The second-order valence-electron chi connectivity index (χ2n) is 8.92. The number of sulfone groups is 1. The molecule has 0 bridgehead atoms. The van der Waals surface area contributed by atoms with Gasteiger partial charge in [-0.2, -0.15) is 0 Å². The first-order chi connectivity index (χ1) is 14.9. The Hall–Kier alpha value is -2.52. The van der Waals surface area contributed by atoms with Crippen molar-refractivity contribution in [2.24, 2.45) is 16.6 Å². The minimum atomic E-state index is -3.72. The normalized spacial score (nSPS) is 26.9. The molecule has 1 aromatic heterocycles. The van der Waals surface area contributed by atoms with Crippen molar-refractivity contribution in [3.8, 4) is 0 Å². The zero-order chi connectivity index (χ0) is 23.3. The second-order valence-corrected chi connectivity index (χ2v) is 11.8. The van der Waals surface area contributed by atoms with Crippen LogP contribution in [0.15, 0.2) is 41.5 Å². The van der Waals surface area contributed by atoms with E-state index in [9.17, 15) is 17.6 Å². The van der Waals surface area contributed by atoms with Gasteiger partial charge in [0, 0.05) is 17.4 Å². The topological polar surface area (TPSA) is 115 Å². The van der Waals surface area contributed by atoms with Crippen LogP contribution in [0.2, 0.25) is 5.02 Å². The standard InChI is InChI=1S/C22H24ClFN4O3S/c1-21(12-32(30,31)22(2,20(25)28-21)10-13-3-4-13)16-9-15(6-7-17(16)24)27-19(29)18-8-5-14(23)11-26-18/h5-9,11,13H,3-4,10,12H2,1-2H3,(H2,25,28)(H,27,29). The largest absolute Gasteiger partial charge is 0.386 e. The van der Waals surface area contributed by atoms with Crippen LogP contribution >= 0.6 is 11.6 Å².